The third kappa shape index (κ3) is 9.87. The molecule has 1 unspecified atom stereocenters. The van der Waals surface area contributed by atoms with Crippen molar-refractivity contribution in [3.05, 3.63) is 80.2 Å². The maximum Gasteiger partial charge on any atom is 0.264 e. The van der Waals surface area contributed by atoms with Crippen molar-refractivity contribution in [1.29, 1.82) is 10.8 Å². The number of aryl methyl sites for hydroxylation is 1. The van der Waals surface area contributed by atoms with Crippen LogP contribution >= 0.6 is 22.9 Å². The lowest BCUT2D eigenvalue weighted by molar-refractivity contribution is -0.137. The van der Waals surface area contributed by atoms with Crippen LogP contribution in [-0.4, -0.2) is 139 Å². The molecule has 0 aliphatic carbocycles. The van der Waals surface area contributed by atoms with Gasteiger partial charge in [0, 0.05) is 65.9 Å². The van der Waals surface area contributed by atoms with Gasteiger partial charge in [-0.15, -0.1) is 11.3 Å². The van der Waals surface area contributed by atoms with Crippen LogP contribution in [0.3, 0.4) is 0 Å². The number of carbonyl (C=O) groups excluding carboxylic acids is 6. The summed E-state index contributed by atoms with van der Waals surface area (Å²) >= 11 is 7.71. The monoisotopic (exact) mass is 900 g/mol. The van der Waals surface area contributed by atoms with E-state index in [1.807, 2.05) is 26.0 Å². The number of piperidine rings is 1. The predicted octanol–water partition coefficient (Wildman–Crippen LogP) is 3.52. The number of imide groups is 2. The Balaban J connectivity index is 0.811. The van der Waals surface area contributed by atoms with Crippen molar-refractivity contribution >= 4 is 86.5 Å². The first kappa shape index (κ1) is 45.2. The smallest absolute Gasteiger partial charge is 0.264 e. The zero-order valence-electron chi connectivity index (χ0n) is 35.2. The molecule has 2 saturated heterocycles. The largest absolute Gasteiger partial charge is 0.382 e. The Morgan fingerprint density at radius 1 is 0.952 bits per heavy atom. The van der Waals surface area contributed by atoms with Gasteiger partial charge in [0.25, 0.3) is 11.8 Å². The number of carbonyl (C=O) groups is 6. The molecule has 2 aromatic carbocycles. The van der Waals surface area contributed by atoms with E-state index in [-0.39, 0.29) is 86.7 Å². The highest BCUT2D eigenvalue weighted by Crippen LogP contribution is 2.40. The lowest BCUT2D eigenvalue weighted by atomic mass is 9.99. The number of nitrogens with one attached hydrogen (secondary N) is 5. The number of piperazine rings is 1. The Morgan fingerprint density at radius 3 is 2.37 bits per heavy atom. The van der Waals surface area contributed by atoms with Crippen molar-refractivity contribution in [1.82, 2.24) is 25.6 Å². The van der Waals surface area contributed by atoms with E-state index in [0.717, 1.165) is 31.5 Å². The molecule has 0 bridgehead atoms. The standard InChI is InChI=1S/C43H49ClN10O8S/c1-24-25(2)63-43-36(24)38(27-7-9-28(44)10-8-27)48-31(39(46)53(43)26(3)45)23-35(57)51-15-17-52(18-16-51)50-34(56)13-19-61-21-22-62-20-14-47-30-6-4-5-29-37(30)42(60)54(41(29)59)32-11-12-33(55)49-40(32)58/h4-10,31-32,45-47H,11-23H2,1-3H3,(H,50,56)(H,49,55,58)/t31-,32?/m0/s1. The van der Waals surface area contributed by atoms with Gasteiger partial charge < -0.3 is 19.7 Å². The van der Waals surface area contributed by atoms with Gasteiger partial charge in [-0.1, -0.05) is 29.8 Å². The van der Waals surface area contributed by atoms with Gasteiger partial charge in [0.15, 0.2) is 0 Å². The number of thiophene rings is 1. The Morgan fingerprint density at radius 2 is 1.67 bits per heavy atom. The van der Waals surface area contributed by atoms with Crippen LogP contribution in [0.15, 0.2) is 47.5 Å². The van der Waals surface area contributed by atoms with Crippen LogP contribution in [0.4, 0.5) is 10.7 Å². The van der Waals surface area contributed by atoms with Crippen molar-refractivity contribution in [2.45, 2.75) is 58.5 Å². The van der Waals surface area contributed by atoms with E-state index >= 15 is 0 Å². The highest BCUT2D eigenvalue weighted by Gasteiger charge is 2.45. The molecule has 5 heterocycles. The summed E-state index contributed by atoms with van der Waals surface area (Å²) in [7, 11) is 0. The minimum absolute atomic E-state index is 0.0399. The van der Waals surface area contributed by atoms with Gasteiger partial charge in [0.1, 0.15) is 28.8 Å². The van der Waals surface area contributed by atoms with Crippen LogP contribution < -0.4 is 21.0 Å². The van der Waals surface area contributed by atoms with Crippen molar-refractivity contribution in [2.75, 3.05) is 69.4 Å². The maximum absolute atomic E-state index is 13.7. The van der Waals surface area contributed by atoms with Gasteiger partial charge in [-0.25, -0.2) is 5.01 Å². The summed E-state index contributed by atoms with van der Waals surface area (Å²) in [5, 5.41) is 26.2. The normalized spacial score (nSPS) is 19.1. The van der Waals surface area contributed by atoms with E-state index in [1.54, 1.807) is 46.0 Å². The number of anilines is 2. The van der Waals surface area contributed by atoms with Crippen LogP contribution in [0.5, 0.6) is 0 Å². The molecule has 0 saturated carbocycles. The number of nitrogens with zero attached hydrogens (tertiary/aromatic N) is 5. The summed E-state index contributed by atoms with van der Waals surface area (Å²) in [5.74, 6) is -2.45. The summed E-state index contributed by atoms with van der Waals surface area (Å²) in [6.45, 7) is 8.47. The van der Waals surface area contributed by atoms with Crippen molar-refractivity contribution in [2.24, 2.45) is 4.99 Å². The number of rotatable bonds is 15. The number of amides is 6. The van der Waals surface area contributed by atoms with Crippen LogP contribution in [0.2, 0.25) is 5.02 Å². The van der Waals surface area contributed by atoms with Crippen molar-refractivity contribution < 1.29 is 38.2 Å². The molecular formula is C43H49ClN10O8S. The number of hydrogen-bond acceptors (Lipinski definition) is 14. The van der Waals surface area contributed by atoms with Gasteiger partial charge >= 0.3 is 0 Å². The van der Waals surface area contributed by atoms with E-state index in [9.17, 15) is 34.2 Å². The van der Waals surface area contributed by atoms with Crippen molar-refractivity contribution in [3.8, 4) is 0 Å². The van der Waals surface area contributed by atoms with Gasteiger partial charge in [0.2, 0.25) is 23.6 Å². The predicted molar refractivity (Wildman–Crippen MR) is 237 cm³/mol. The SMILES string of the molecule is CC(=N)N1C(=N)[C@H](CC(=O)N2CCN(NC(=O)CCOCCOCCNc3cccc4c3C(=O)N(C3CCC(=O)NC3=O)C4=O)CC2)N=C(c2ccc(Cl)cc2)c2c1sc(C)c2C. The van der Waals surface area contributed by atoms with Gasteiger partial charge in [0.05, 0.1) is 56.1 Å². The summed E-state index contributed by atoms with van der Waals surface area (Å²) in [4.78, 5) is 87.0. The summed E-state index contributed by atoms with van der Waals surface area (Å²) in [6.07, 6.45) is 0.180. The number of fused-ring (bicyclic) bond motifs is 2. The second-order valence-corrected chi connectivity index (χ2v) is 17.1. The lowest BCUT2D eigenvalue weighted by Crippen LogP contribution is -2.55. The number of hydrogen-bond donors (Lipinski definition) is 5. The summed E-state index contributed by atoms with van der Waals surface area (Å²) in [6, 6.07) is 10.3. The average molecular weight is 901 g/mol. The van der Waals surface area contributed by atoms with Crippen LogP contribution in [0, 0.1) is 24.7 Å². The summed E-state index contributed by atoms with van der Waals surface area (Å²) < 4.78 is 11.2. The van der Waals surface area contributed by atoms with E-state index in [1.165, 1.54) is 17.4 Å². The maximum atomic E-state index is 13.7. The quantitative estimate of drug-likeness (QED) is 0.0642. The second-order valence-electron chi connectivity index (χ2n) is 15.5. The van der Waals surface area contributed by atoms with Crippen LogP contribution in [0.1, 0.15) is 74.9 Å². The van der Waals surface area contributed by atoms with E-state index < -0.39 is 35.7 Å². The molecule has 6 amide bonds. The molecule has 4 aliphatic heterocycles. The second kappa shape index (κ2) is 19.7. The third-order valence-electron chi connectivity index (χ3n) is 11.3. The Hall–Kier alpha value is -5.86. The van der Waals surface area contributed by atoms with Crippen LogP contribution in [-0.2, 0) is 28.7 Å². The Bertz CT molecular complexity index is 2380. The number of amidine groups is 2. The lowest BCUT2D eigenvalue weighted by Gasteiger charge is -2.35. The van der Waals surface area contributed by atoms with E-state index in [0.29, 0.717) is 49.1 Å². The van der Waals surface area contributed by atoms with Gasteiger partial charge in [-0.2, -0.15) is 0 Å². The first-order chi connectivity index (χ1) is 30.2. The van der Waals surface area contributed by atoms with Crippen molar-refractivity contribution in [3.63, 3.8) is 0 Å². The molecule has 2 fully saturated rings. The molecule has 7 rings (SSSR count). The zero-order valence-corrected chi connectivity index (χ0v) is 36.7. The molecular weight excluding hydrogens is 852 g/mol. The number of hydrazine groups is 1. The number of halogens is 1. The first-order valence-corrected chi connectivity index (χ1v) is 21.9. The zero-order chi connectivity index (χ0) is 44.9. The molecule has 3 aromatic rings. The number of benzene rings is 2. The first-order valence-electron chi connectivity index (χ1n) is 20.7. The molecule has 4 aliphatic rings. The molecule has 332 valence electrons. The topological polar surface area (TPSA) is 230 Å². The number of ether oxygens (including phenoxy) is 2. The van der Waals surface area contributed by atoms with Gasteiger partial charge in [-0.3, -0.25) is 65.1 Å². The Kier molecular flexibility index (Phi) is 14.1. The molecule has 18 nitrogen and oxygen atoms in total. The van der Waals surface area contributed by atoms with Gasteiger partial charge in [-0.05, 0) is 57.0 Å². The third-order valence-corrected chi connectivity index (χ3v) is 12.7. The fraction of sp³-hybridized carbons (Fsp3) is 0.419. The number of aliphatic imine (C=N–C) groups is 1. The van der Waals surface area contributed by atoms with E-state index in [2.05, 4.69) is 16.1 Å². The average Bonchev–Trinajstić information content (AvgIpc) is 3.63. The Labute approximate surface area is 372 Å². The highest BCUT2D eigenvalue weighted by molar-refractivity contribution is 7.17. The summed E-state index contributed by atoms with van der Waals surface area (Å²) in [5.41, 5.74) is 6.98. The molecule has 0 spiro atoms. The molecule has 5 N–H and O–H groups in total. The van der Waals surface area contributed by atoms with Crippen LogP contribution in [0.25, 0.3) is 0 Å². The fourth-order valence-electron chi connectivity index (χ4n) is 7.89. The van der Waals surface area contributed by atoms with E-state index in [4.69, 9.17) is 31.5 Å². The highest BCUT2D eigenvalue weighted by atomic mass is 35.5. The molecule has 0 radical (unpaired) electrons. The molecule has 1 aromatic heterocycles. The molecule has 2 atom stereocenters. The molecule has 63 heavy (non-hydrogen) atoms. The minimum Gasteiger partial charge on any atom is -0.382 e. The minimum atomic E-state index is -1.05. The fourth-order valence-corrected chi connectivity index (χ4v) is 9.24. The molecule has 20 heteroatoms.